The SMILES string of the molecule is CCOC(=O)C1=C(CN2CCOC[C@@H]2OC(=O)O)NC(c2nccs2)=N[C@H]1c1cc(F)c(F)c(F)c1. The van der Waals surface area contributed by atoms with E-state index >= 15 is 0 Å². The quantitative estimate of drug-likeness (QED) is 0.414. The summed E-state index contributed by atoms with van der Waals surface area (Å²) in [5, 5.41) is 14.2. The number of amidine groups is 1. The standard InChI is InChI=1S/C22H21F3N4O6S/c1-2-34-21(30)16-14(9-29-4-5-33-10-15(29)35-22(31)32)27-19(20-26-3-6-36-20)28-18(16)11-7-12(23)17(25)13(24)8-11/h3,6-8,15,18H,2,4-5,9-10H2,1H3,(H,27,28)(H,31,32)/t15-,18-/m0/s1. The first-order chi connectivity index (χ1) is 17.3. The summed E-state index contributed by atoms with van der Waals surface area (Å²) in [6, 6.07) is 0.252. The molecular weight excluding hydrogens is 505 g/mol. The Balaban J connectivity index is 1.82. The van der Waals surface area contributed by atoms with Crippen LogP contribution in [0.2, 0.25) is 0 Å². The van der Waals surface area contributed by atoms with Gasteiger partial charge in [0.25, 0.3) is 0 Å². The Morgan fingerprint density at radius 2 is 2.06 bits per heavy atom. The minimum absolute atomic E-state index is 0.000169. The van der Waals surface area contributed by atoms with E-state index in [9.17, 15) is 22.8 Å². The van der Waals surface area contributed by atoms with Crippen molar-refractivity contribution in [2.24, 2.45) is 4.99 Å². The van der Waals surface area contributed by atoms with Gasteiger partial charge in [-0.2, -0.15) is 0 Å². The van der Waals surface area contributed by atoms with Crippen molar-refractivity contribution in [1.29, 1.82) is 0 Å². The predicted molar refractivity (Wildman–Crippen MR) is 120 cm³/mol. The zero-order valence-corrected chi connectivity index (χ0v) is 19.7. The molecule has 3 heterocycles. The molecule has 0 amide bonds. The summed E-state index contributed by atoms with van der Waals surface area (Å²) >= 11 is 1.23. The van der Waals surface area contributed by atoms with Crippen molar-refractivity contribution in [3.8, 4) is 0 Å². The molecule has 14 heteroatoms. The first-order valence-electron chi connectivity index (χ1n) is 10.8. The molecule has 4 rings (SSSR count). The van der Waals surface area contributed by atoms with Gasteiger partial charge in [-0.05, 0) is 24.6 Å². The second kappa shape index (κ2) is 11.1. The molecule has 36 heavy (non-hydrogen) atoms. The minimum atomic E-state index is -1.65. The second-order valence-electron chi connectivity index (χ2n) is 7.64. The lowest BCUT2D eigenvalue weighted by atomic mass is 9.95. The van der Waals surface area contributed by atoms with E-state index in [1.807, 2.05) is 0 Å². The third kappa shape index (κ3) is 5.50. The number of morpholine rings is 1. The Bertz CT molecular complexity index is 1180. The first-order valence-corrected chi connectivity index (χ1v) is 11.7. The highest BCUT2D eigenvalue weighted by Crippen LogP contribution is 2.34. The molecule has 2 atom stereocenters. The van der Waals surface area contributed by atoms with Crippen LogP contribution in [0.15, 0.2) is 40.0 Å². The number of carbonyl (C=O) groups is 2. The van der Waals surface area contributed by atoms with Crippen LogP contribution in [0, 0.1) is 17.5 Å². The molecular formula is C22H21F3N4O6S. The van der Waals surface area contributed by atoms with Crippen molar-refractivity contribution in [2.45, 2.75) is 19.2 Å². The van der Waals surface area contributed by atoms with Gasteiger partial charge in [-0.25, -0.2) is 27.7 Å². The van der Waals surface area contributed by atoms with E-state index in [-0.39, 0.29) is 55.6 Å². The van der Waals surface area contributed by atoms with E-state index in [1.54, 1.807) is 17.2 Å². The van der Waals surface area contributed by atoms with Gasteiger partial charge >= 0.3 is 12.1 Å². The van der Waals surface area contributed by atoms with Crippen LogP contribution in [-0.4, -0.2) is 72.1 Å². The molecule has 0 radical (unpaired) electrons. The van der Waals surface area contributed by atoms with Crippen LogP contribution in [-0.2, 0) is 19.0 Å². The lowest BCUT2D eigenvalue weighted by Crippen LogP contribution is -2.50. The number of nitrogens with zero attached hydrogens (tertiary/aromatic N) is 3. The Morgan fingerprint density at radius 3 is 2.69 bits per heavy atom. The maximum absolute atomic E-state index is 14.2. The third-order valence-electron chi connectivity index (χ3n) is 5.37. The fourth-order valence-electron chi connectivity index (χ4n) is 3.82. The number of esters is 1. The average Bonchev–Trinajstić information content (AvgIpc) is 3.38. The molecule has 0 bridgehead atoms. The summed E-state index contributed by atoms with van der Waals surface area (Å²) in [6.07, 6.45) is -0.957. The molecule has 0 spiro atoms. The number of carboxylic acid groups (broad SMARTS) is 1. The molecule has 0 aliphatic carbocycles. The van der Waals surface area contributed by atoms with Gasteiger partial charge in [-0.15, -0.1) is 11.3 Å². The second-order valence-corrected chi connectivity index (χ2v) is 8.53. The monoisotopic (exact) mass is 526 g/mol. The number of nitrogens with one attached hydrogen (secondary N) is 1. The fraction of sp³-hybridized carbons (Fsp3) is 0.364. The van der Waals surface area contributed by atoms with E-state index in [2.05, 4.69) is 15.3 Å². The molecule has 2 N–H and O–H groups in total. The van der Waals surface area contributed by atoms with Crippen LogP contribution >= 0.6 is 11.3 Å². The number of rotatable bonds is 7. The summed E-state index contributed by atoms with van der Waals surface area (Å²) in [4.78, 5) is 34.5. The van der Waals surface area contributed by atoms with Gasteiger partial charge in [-0.1, -0.05) is 0 Å². The largest absolute Gasteiger partial charge is 0.507 e. The van der Waals surface area contributed by atoms with Crippen molar-refractivity contribution in [3.63, 3.8) is 0 Å². The van der Waals surface area contributed by atoms with E-state index < -0.39 is 41.8 Å². The van der Waals surface area contributed by atoms with E-state index in [4.69, 9.17) is 19.3 Å². The number of halogens is 3. The number of aliphatic imine (C=N–C) groups is 1. The van der Waals surface area contributed by atoms with Gasteiger partial charge in [0.15, 0.2) is 34.5 Å². The summed E-state index contributed by atoms with van der Waals surface area (Å²) in [5.74, 6) is -5.15. The van der Waals surface area contributed by atoms with Crippen LogP contribution in [0.4, 0.5) is 18.0 Å². The zero-order chi connectivity index (χ0) is 25.8. The Labute approximate surface area is 207 Å². The maximum atomic E-state index is 14.2. The molecule has 2 aromatic rings. The molecule has 1 saturated heterocycles. The molecule has 0 unspecified atom stereocenters. The smallest absolute Gasteiger partial charge is 0.463 e. The van der Waals surface area contributed by atoms with Crippen molar-refractivity contribution < 1.29 is 42.1 Å². The number of ether oxygens (including phenoxy) is 3. The van der Waals surface area contributed by atoms with Gasteiger partial charge in [0.05, 0.1) is 25.4 Å². The van der Waals surface area contributed by atoms with E-state index in [1.165, 1.54) is 17.5 Å². The molecule has 2 aliphatic heterocycles. The number of benzene rings is 1. The molecule has 1 aromatic heterocycles. The number of carbonyl (C=O) groups excluding carboxylic acids is 1. The Kier molecular flexibility index (Phi) is 7.86. The normalized spacial score (nSPS) is 20.5. The van der Waals surface area contributed by atoms with Crippen LogP contribution in [0.1, 0.15) is 23.5 Å². The summed E-state index contributed by atoms with van der Waals surface area (Å²) < 4.78 is 57.5. The molecule has 2 aliphatic rings. The number of hydrogen-bond donors (Lipinski definition) is 2. The molecule has 10 nitrogen and oxygen atoms in total. The number of aromatic nitrogens is 1. The third-order valence-corrected chi connectivity index (χ3v) is 6.15. The maximum Gasteiger partial charge on any atom is 0.507 e. The minimum Gasteiger partial charge on any atom is -0.463 e. The van der Waals surface area contributed by atoms with Crippen molar-refractivity contribution >= 4 is 29.3 Å². The Hall–Kier alpha value is -3.49. The van der Waals surface area contributed by atoms with Crippen LogP contribution < -0.4 is 5.32 Å². The first kappa shape index (κ1) is 25.6. The van der Waals surface area contributed by atoms with Gasteiger partial charge < -0.3 is 24.6 Å². The summed E-state index contributed by atoms with van der Waals surface area (Å²) in [7, 11) is 0. The highest BCUT2D eigenvalue weighted by Gasteiger charge is 2.36. The zero-order valence-electron chi connectivity index (χ0n) is 18.9. The topological polar surface area (TPSA) is 123 Å². The van der Waals surface area contributed by atoms with Crippen LogP contribution in [0.5, 0.6) is 0 Å². The van der Waals surface area contributed by atoms with Gasteiger partial charge in [-0.3, -0.25) is 9.89 Å². The number of thiazole rings is 1. The molecule has 1 aromatic carbocycles. The Morgan fingerprint density at radius 1 is 1.31 bits per heavy atom. The van der Waals surface area contributed by atoms with Crippen LogP contribution in [0.25, 0.3) is 0 Å². The molecule has 192 valence electrons. The van der Waals surface area contributed by atoms with E-state index in [0.717, 1.165) is 12.1 Å². The van der Waals surface area contributed by atoms with Gasteiger partial charge in [0.1, 0.15) is 6.04 Å². The average molecular weight is 526 g/mol. The molecule has 1 fully saturated rings. The highest BCUT2D eigenvalue weighted by atomic mass is 32.1. The lowest BCUT2D eigenvalue weighted by Gasteiger charge is -2.36. The van der Waals surface area contributed by atoms with Gasteiger partial charge in [0, 0.05) is 30.4 Å². The summed E-state index contributed by atoms with van der Waals surface area (Å²) in [6.45, 7) is 2.02. The van der Waals surface area contributed by atoms with Crippen molar-refractivity contribution in [3.05, 3.63) is 63.0 Å². The lowest BCUT2D eigenvalue weighted by molar-refractivity contribution is -0.139. The van der Waals surface area contributed by atoms with Crippen molar-refractivity contribution in [2.75, 3.05) is 32.9 Å². The summed E-state index contributed by atoms with van der Waals surface area (Å²) in [5.41, 5.74) is 0.0237. The predicted octanol–water partition coefficient (Wildman–Crippen LogP) is 2.82. The molecule has 0 saturated carbocycles. The fourth-order valence-corrected chi connectivity index (χ4v) is 4.40. The van der Waals surface area contributed by atoms with Gasteiger partial charge in [0.2, 0.25) is 0 Å². The highest BCUT2D eigenvalue weighted by molar-refractivity contribution is 7.11. The van der Waals surface area contributed by atoms with Crippen molar-refractivity contribution in [1.82, 2.24) is 15.2 Å². The van der Waals surface area contributed by atoms with Crippen LogP contribution in [0.3, 0.4) is 0 Å². The number of hydrogen-bond acceptors (Lipinski definition) is 10. The van der Waals surface area contributed by atoms with E-state index in [0.29, 0.717) is 5.01 Å².